The molecule has 0 aliphatic carbocycles. The molecular formula is C15H11F6N5O. The molecule has 6 nitrogen and oxygen atoms in total. The predicted octanol–water partition coefficient (Wildman–Crippen LogP) is 4.06. The first-order valence-corrected chi connectivity index (χ1v) is 7.38. The third-order valence-electron chi connectivity index (χ3n) is 3.53. The summed E-state index contributed by atoms with van der Waals surface area (Å²) < 4.78 is 82.0. The van der Waals surface area contributed by atoms with Crippen LogP contribution in [0.5, 0.6) is 5.75 Å². The molecule has 12 heteroatoms. The second-order valence-electron chi connectivity index (χ2n) is 5.46. The van der Waals surface area contributed by atoms with Gasteiger partial charge in [-0.25, -0.2) is 0 Å². The molecule has 3 rings (SSSR count). The number of ether oxygens (including phenoxy) is 1. The summed E-state index contributed by atoms with van der Waals surface area (Å²) in [5, 5.41) is 14.5. The van der Waals surface area contributed by atoms with Gasteiger partial charge in [0.2, 0.25) is 5.95 Å². The lowest BCUT2D eigenvalue weighted by Gasteiger charge is -2.16. The highest BCUT2D eigenvalue weighted by atomic mass is 19.4. The maximum atomic E-state index is 12.9. The maximum Gasteiger partial charge on any atom is 0.573 e. The number of fused-ring (bicyclic) bond motifs is 1. The van der Waals surface area contributed by atoms with E-state index in [-0.39, 0.29) is 28.8 Å². The number of aryl methyl sites for hydroxylation is 1. The highest BCUT2D eigenvalue weighted by Crippen LogP contribution is 2.39. The Morgan fingerprint density at radius 1 is 1.04 bits per heavy atom. The molecule has 0 spiro atoms. The molecule has 1 aromatic carbocycles. The van der Waals surface area contributed by atoms with Gasteiger partial charge in [-0.15, -0.1) is 23.4 Å². The van der Waals surface area contributed by atoms with E-state index in [4.69, 9.17) is 0 Å². The second kappa shape index (κ2) is 6.28. The zero-order valence-corrected chi connectivity index (χ0v) is 13.8. The minimum absolute atomic E-state index is 0.109. The van der Waals surface area contributed by atoms with Gasteiger partial charge >= 0.3 is 12.5 Å². The number of aromatic nitrogens is 4. The summed E-state index contributed by atoms with van der Waals surface area (Å²) in [5.41, 5.74) is -0.944. The van der Waals surface area contributed by atoms with E-state index in [9.17, 15) is 26.3 Å². The third-order valence-corrected chi connectivity index (χ3v) is 3.53. The highest BCUT2D eigenvalue weighted by molar-refractivity contribution is 5.81. The van der Waals surface area contributed by atoms with Crippen LogP contribution in [-0.2, 0) is 6.18 Å². The van der Waals surface area contributed by atoms with Crippen molar-refractivity contribution in [3.63, 3.8) is 0 Å². The molecule has 144 valence electrons. The number of hydrogen-bond donors (Lipinski definition) is 1. The van der Waals surface area contributed by atoms with E-state index in [0.29, 0.717) is 11.8 Å². The van der Waals surface area contributed by atoms with Crippen molar-refractivity contribution in [1.29, 1.82) is 0 Å². The topological polar surface area (TPSA) is 64.3 Å². The molecule has 0 atom stereocenters. The Labute approximate surface area is 147 Å². The van der Waals surface area contributed by atoms with Crippen LogP contribution in [0.3, 0.4) is 0 Å². The zero-order chi connectivity index (χ0) is 20.0. The van der Waals surface area contributed by atoms with Crippen molar-refractivity contribution in [2.75, 3.05) is 12.4 Å². The molecule has 0 bridgehead atoms. The molecule has 0 radical (unpaired) electrons. The summed E-state index contributed by atoms with van der Waals surface area (Å²) in [6, 6.07) is 3.29. The lowest BCUT2D eigenvalue weighted by molar-refractivity contribution is -0.274. The van der Waals surface area contributed by atoms with E-state index in [0.717, 1.165) is 6.07 Å². The Kier molecular flexibility index (Phi) is 4.36. The summed E-state index contributed by atoms with van der Waals surface area (Å²) in [6.45, 7) is 1.64. The fourth-order valence-electron chi connectivity index (χ4n) is 2.47. The number of halogens is 6. The second-order valence-corrected chi connectivity index (χ2v) is 5.46. The molecule has 1 N–H and O–H groups in total. The fraction of sp³-hybridized carbons (Fsp3) is 0.267. The van der Waals surface area contributed by atoms with E-state index < -0.39 is 23.9 Å². The number of benzene rings is 1. The van der Waals surface area contributed by atoms with Crippen LogP contribution < -0.4 is 10.1 Å². The van der Waals surface area contributed by atoms with Gasteiger partial charge in [-0.3, -0.25) is 0 Å². The molecule has 0 amide bonds. The van der Waals surface area contributed by atoms with Gasteiger partial charge in [0.05, 0.1) is 16.8 Å². The minimum Gasteiger partial charge on any atom is -0.405 e. The van der Waals surface area contributed by atoms with Crippen LogP contribution in [-0.4, -0.2) is 33.2 Å². The first-order chi connectivity index (χ1) is 12.5. The molecule has 0 fully saturated rings. The Balaban J connectivity index is 2.26. The first-order valence-electron chi connectivity index (χ1n) is 7.38. The van der Waals surface area contributed by atoms with Crippen molar-refractivity contribution < 1.29 is 31.1 Å². The van der Waals surface area contributed by atoms with Crippen molar-refractivity contribution in [2.45, 2.75) is 19.5 Å². The Bertz CT molecular complexity index is 995. The van der Waals surface area contributed by atoms with Gasteiger partial charge in [0.25, 0.3) is 0 Å². The average molecular weight is 391 g/mol. The number of anilines is 1. The van der Waals surface area contributed by atoms with Gasteiger partial charge in [0, 0.05) is 12.6 Å². The molecule has 27 heavy (non-hydrogen) atoms. The predicted molar refractivity (Wildman–Crippen MR) is 82.2 cm³/mol. The van der Waals surface area contributed by atoms with Gasteiger partial charge in [-0.2, -0.15) is 22.8 Å². The Morgan fingerprint density at radius 3 is 2.33 bits per heavy atom. The lowest BCUT2D eigenvalue weighted by Crippen LogP contribution is -2.18. The minimum atomic E-state index is -5.19. The van der Waals surface area contributed by atoms with Crippen LogP contribution in [0, 0.1) is 6.92 Å². The Morgan fingerprint density at radius 2 is 1.74 bits per heavy atom. The molecule has 2 aromatic heterocycles. The Hall–Kier alpha value is -3.05. The van der Waals surface area contributed by atoms with Crippen LogP contribution in [0.1, 0.15) is 11.3 Å². The SMILES string of the molecule is CNc1nnc(-c2ccc(C(F)(F)F)cc2OC(F)(F)F)c2cc(C)nn12. The molecule has 0 saturated heterocycles. The number of nitrogens with zero attached hydrogens (tertiary/aromatic N) is 4. The van der Waals surface area contributed by atoms with Crippen molar-refractivity contribution in [1.82, 2.24) is 19.8 Å². The molecule has 0 aliphatic heterocycles. The van der Waals surface area contributed by atoms with Crippen LogP contribution >= 0.6 is 0 Å². The van der Waals surface area contributed by atoms with Crippen LogP contribution in [0.25, 0.3) is 16.8 Å². The molecule has 0 saturated carbocycles. The monoisotopic (exact) mass is 391 g/mol. The quantitative estimate of drug-likeness (QED) is 0.683. The number of hydrogen-bond acceptors (Lipinski definition) is 5. The smallest absolute Gasteiger partial charge is 0.405 e. The van der Waals surface area contributed by atoms with E-state index in [1.807, 2.05) is 0 Å². The molecule has 0 unspecified atom stereocenters. The first kappa shape index (κ1) is 18.7. The summed E-state index contributed by atoms with van der Waals surface area (Å²) in [7, 11) is 1.54. The highest BCUT2D eigenvalue weighted by Gasteiger charge is 2.36. The molecule has 3 aromatic rings. The van der Waals surface area contributed by atoms with Crippen LogP contribution in [0.4, 0.5) is 32.3 Å². The average Bonchev–Trinajstić information content (AvgIpc) is 2.93. The normalized spacial score (nSPS) is 12.4. The molecule has 0 aliphatic rings. The van der Waals surface area contributed by atoms with Gasteiger partial charge < -0.3 is 10.1 Å². The van der Waals surface area contributed by atoms with Crippen molar-refractivity contribution >= 4 is 11.5 Å². The zero-order valence-electron chi connectivity index (χ0n) is 13.8. The number of alkyl halides is 6. The van der Waals surface area contributed by atoms with Crippen LogP contribution in [0.2, 0.25) is 0 Å². The largest absolute Gasteiger partial charge is 0.573 e. The van der Waals surface area contributed by atoms with Gasteiger partial charge in [-0.1, -0.05) is 0 Å². The van der Waals surface area contributed by atoms with E-state index in [1.165, 1.54) is 17.6 Å². The third kappa shape index (κ3) is 3.73. The van der Waals surface area contributed by atoms with Crippen molar-refractivity contribution in [3.05, 3.63) is 35.5 Å². The summed E-state index contributed by atoms with van der Waals surface area (Å²) in [6.07, 6.45) is -10.0. The summed E-state index contributed by atoms with van der Waals surface area (Å²) in [5.74, 6) is -0.836. The standard InChI is InChI=1S/C15H11F6N5O/c1-7-5-10-12(23-24-13(22-2)26(10)25-7)9-4-3-8(14(16,17)18)6-11(9)27-15(19,20)21/h3-6H,1-2H3,(H,22,24). The van der Waals surface area contributed by atoms with E-state index in [1.54, 1.807) is 6.92 Å². The fourth-order valence-corrected chi connectivity index (χ4v) is 2.47. The van der Waals surface area contributed by atoms with Crippen LogP contribution in [0.15, 0.2) is 24.3 Å². The van der Waals surface area contributed by atoms with E-state index in [2.05, 4.69) is 25.3 Å². The lowest BCUT2D eigenvalue weighted by atomic mass is 10.1. The number of rotatable bonds is 3. The summed E-state index contributed by atoms with van der Waals surface area (Å²) >= 11 is 0. The van der Waals surface area contributed by atoms with Gasteiger partial charge in [-0.05, 0) is 31.2 Å². The van der Waals surface area contributed by atoms with Crippen molar-refractivity contribution in [2.24, 2.45) is 0 Å². The maximum absolute atomic E-state index is 12.9. The van der Waals surface area contributed by atoms with Gasteiger partial charge in [0.1, 0.15) is 11.4 Å². The van der Waals surface area contributed by atoms with Gasteiger partial charge in [0.15, 0.2) is 0 Å². The summed E-state index contributed by atoms with van der Waals surface area (Å²) in [4.78, 5) is 0. The molecular weight excluding hydrogens is 380 g/mol. The number of nitrogens with one attached hydrogen (secondary N) is 1. The molecule has 2 heterocycles. The van der Waals surface area contributed by atoms with Crippen molar-refractivity contribution in [3.8, 4) is 17.0 Å². The van der Waals surface area contributed by atoms with E-state index >= 15 is 0 Å².